The van der Waals surface area contributed by atoms with E-state index in [4.69, 9.17) is 4.74 Å². The smallest absolute Gasteiger partial charge is 0.193 e. The Kier molecular flexibility index (Phi) is 5.33. The highest BCUT2D eigenvalue weighted by Gasteiger charge is 2.42. The van der Waals surface area contributed by atoms with Crippen LogP contribution in [0.2, 0.25) is 0 Å². The molecule has 2 aliphatic heterocycles. The van der Waals surface area contributed by atoms with E-state index in [-0.39, 0.29) is 5.41 Å². The summed E-state index contributed by atoms with van der Waals surface area (Å²) in [6.45, 7) is 6.98. The first-order valence-electron chi connectivity index (χ1n) is 8.66. The van der Waals surface area contributed by atoms with Crippen molar-refractivity contribution < 1.29 is 13.5 Å². The highest BCUT2D eigenvalue weighted by Crippen LogP contribution is 2.38. The Morgan fingerprint density at radius 2 is 2.08 bits per heavy atom. The first kappa shape index (κ1) is 17.1. The molecule has 0 radical (unpaired) electrons. The van der Waals surface area contributed by atoms with Gasteiger partial charge in [0, 0.05) is 44.3 Å². The SMILES string of the molecule is CCNC(=NCCc1cc(F)cc(F)c1)N1CCC2(CCOC2)C1. The molecular formula is C18H25F2N3O. The summed E-state index contributed by atoms with van der Waals surface area (Å²) >= 11 is 0. The molecule has 0 amide bonds. The van der Waals surface area contributed by atoms with E-state index in [2.05, 4.69) is 15.2 Å². The molecule has 24 heavy (non-hydrogen) atoms. The summed E-state index contributed by atoms with van der Waals surface area (Å²) in [5.74, 6) is -0.189. The van der Waals surface area contributed by atoms with Gasteiger partial charge >= 0.3 is 0 Å². The zero-order valence-corrected chi connectivity index (χ0v) is 14.2. The normalized spacial score (nSPS) is 24.1. The van der Waals surface area contributed by atoms with Crippen LogP contribution in [0.25, 0.3) is 0 Å². The maximum Gasteiger partial charge on any atom is 0.193 e. The summed E-state index contributed by atoms with van der Waals surface area (Å²) in [4.78, 5) is 6.93. The number of aliphatic imine (C=N–C) groups is 1. The molecule has 0 aromatic heterocycles. The highest BCUT2D eigenvalue weighted by molar-refractivity contribution is 5.80. The van der Waals surface area contributed by atoms with Crippen LogP contribution in [-0.4, -0.2) is 50.3 Å². The third-order valence-electron chi connectivity index (χ3n) is 4.84. The summed E-state index contributed by atoms with van der Waals surface area (Å²) < 4.78 is 32.1. The first-order valence-corrected chi connectivity index (χ1v) is 8.66. The largest absolute Gasteiger partial charge is 0.381 e. The van der Waals surface area contributed by atoms with Crippen molar-refractivity contribution in [2.24, 2.45) is 10.4 Å². The van der Waals surface area contributed by atoms with Gasteiger partial charge in [0.1, 0.15) is 11.6 Å². The van der Waals surface area contributed by atoms with Gasteiger partial charge in [0.05, 0.1) is 6.61 Å². The lowest BCUT2D eigenvalue weighted by Gasteiger charge is -2.25. The molecule has 1 unspecified atom stereocenters. The molecule has 3 rings (SSSR count). The van der Waals surface area contributed by atoms with Gasteiger partial charge in [-0.1, -0.05) is 0 Å². The number of likely N-dealkylation sites (tertiary alicyclic amines) is 1. The summed E-state index contributed by atoms with van der Waals surface area (Å²) in [5.41, 5.74) is 0.913. The van der Waals surface area contributed by atoms with Gasteiger partial charge in [-0.2, -0.15) is 0 Å². The van der Waals surface area contributed by atoms with E-state index >= 15 is 0 Å². The van der Waals surface area contributed by atoms with Crippen LogP contribution in [0.5, 0.6) is 0 Å². The summed E-state index contributed by atoms with van der Waals surface area (Å²) in [6, 6.07) is 3.63. The second kappa shape index (κ2) is 7.47. The van der Waals surface area contributed by atoms with Gasteiger partial charge in [0.15, 0.2) is 5.96 Å². The molecular weight excluding hydrogens is 312 g/mol. The van der Waals surface area contributed by atoms with E-state index in [1.165, 1.54) is 12.1 Å². The van der Waals surface area contributed by atoms with Crippen LogP contribution in [0, 0.1) is 17.0 Å². The third kappa shape index (κ3) is 4.04. The Balaban J connectivity index is 1.61. The molecule has 0 aliphatic carbocycles. The molecule has 0 saturated carbocycles. The quantitative estimate of drug-likeness (QED) is 0.678. The molecule has 6 heteroatoms. The van der Waals surface area contributed by atoms with Crippen LogP contribution in [0.15, 0.2) is 23.2 Å². The minimum Gasteiger partial charge on any atom is -0.381 e. The van der Waals surface area contributed by atoms with Gasteiger partial charge in [-0.25, -0.2) is 8.78 Å². The number of rotatable bonds is 4. The molecule has 2 saturated heterocycles. The lowest BCUT2D eigenvalue weighted by molar-refractivity contribution is 0.156. The number of halogens is 2. The van der Waals surface area contributed by atoms with Crippen molar-refractivity contribution >= 4 is 5.96 Å². The average Bonchev–Trinajstić information content (AvgIpc) is 3.16. The topological polar surface area (TPSA) is 36.9 Å². The van der Waals surface area contributed by atoms with E-state index < -0.39 is 11.6 Å². The Labute approximate surface area is 141 Å². The minimum atomic E-state index is -0.538. The average molecular weight is 337 g/mol. The molecule has 2 aliphatic rings. The molecule has 1 N–H and O–H groups in total. The van der Waals surface area contributed by atoms with Gasteiger partial charge in [-0.05, 0) is 43.9 Å². The Hall–Kier alpha value is -1.69. The fraction of sp³-hybridized carbons (Fsp3) is 0.611. The standard InChI is InChI=1S/C18H25F2N3O/c1-2-21-17(23-7-4-18(12-23)5-8-24-13-18)22-6-3-14-9-15(19)11-16(20)10-14/h9-11H,2-8,12-13H2,1H3,(H,21,22). The van der Waals surface area contributed by atoms with Gasteiger partial charge in [-0.15, -0.1) is 0 Å². The van der Waals surface area contributed by atoms with Crippen LogP contribution in [0.3, 0.4) is 0 Å². The van der Waals surface area contributed by atoms with Crippen LogP contribution < -0.4 is 5.32 Å². The second-order valence-electron chi connectivity index (χ2n) is 6.74. The fourth-order valence-electron chi connectivity index (χ4n) is 3.56. The zero-order chi connectivity index (χ0) is 17.0. The number of benzene rings is 1. The van der Waals surface area contributed by atoms with Crippen molar-refractivity contribution in [2.75, 3.05) is 39.4 Å². The zero-order valence-electron chi connectivity index (χ0n) is 14.2. The second-order valence-corrected chi connectivity index (χ2v) is 6.74. The number of nitrogens with one attached hydrogen (secondary N) is 1. The number of guanidine groups is 1. The number of ether oxygens (including phenoxy) is 1. The van der Waals surface area contributed by atoms with Crippen LogP contribution in [0.1, 0.15) is 25.3 Å². The van der Waals surface area contributed by atoms with Crippen molar-refractivity contribution in [2.45, 2.75) is 26.2 Å². The van der Waals surface area contributed by atoms with Crippen LogP contribution >= 0.6 is 0 Å². The monoisotopic (exact) mass is 337 g/mol. The number of hydrogen-bond donors (Lipinski definition) is 1. The summed E-state index contributed by atoms with van der Waals surface area (Å²) in [5, 5.41) is 3.33. The van der Waals surface area contributed by atoms with Gasteiger partial charge in [0.25, 0.3) is 0 Å². The van der Waals surface area contributed by atoms with E-state index in [1.807, 2.05) is 6.92 Å². The Morgan fingerprint density at radius 1 is 1.29 bits per heavy atom. The predicted octanol–water partition coefficient (Wildman–Crippen LogP) is 2.59. The van der Waals surface area contributed by atoms with Crippen molar-refractivity contribution in [3.8, 4) is 0 Å². The van der Waals surface area contributed by atoms with E-state index in [0.29, 0.717) is 18.5 Å². The van der Waals surface area contributed by atoms with Gasteiger partial charge in [0.2, 0.25) is 0 Å². The maximum absolute atomic E-state index is 13.2. The van der Waals surface area contributed by atoms with Gasteiger partial charge in [-0.3, -0.25) is 4.99 Å². The molecule has 2 fully saturated rings. The molecule has 1 aromatic carbocycles. The lowest BCUT2D eigenvalue weighted by atomic mass is 9.87. The summed E-state index contributed by atoms with van der Waals surface area (Å²) in [7, 11) is 0. The van der Waals surface area contributed by atoms with E-state index in [1.54, 1.807) is 0 Å². The first-order chi connectivity index (χ1) is 11.6. The predicted molar refractivity (Wildman–Crippen MR) is 90.1 cm³/mol. The van der Waals surface area contributed by atoms with E-state index in [9.17, 15) is 8.78 Å². The Morgan fingerprint density at radius 3 is 2.75 bits per heavy atom. The third-order valence-corrected chi connectivity index (χ3v) is 4.84. The molecule has 1 spiro atoms. The molecule has 1 atom stereocenters. The molecule has 4 nitrogen and oxygen atoms in total. The van der Waals surface area contributed by atoms with Crippen LogP contribution in [-0.2, 0) is 11.2 Å². The molecule has 132 valence electrons. The van der Waals surface area contributed by atoms with Gasteiger partial charge < -0.3 is 15.0 Å². The fourth-order valence-corrected chi connectivity index (χ4v) is 3.56. The van der Waals surface area contributed by atoms with Crippen LogP contribution in [0.4, 0.5) is 8.78 Å². The molecule has 1 aromatic rings. The molecule has 0 bridgehead atoms. The van der Waals surface area contributed by atoms with Crippen molar-refractivity contribution in [3.05, 3.63) is 35.4 Å². The summed E-state index contributed by atoms with van der Waals surface area (Å²) in [6.07, 6.45) is 2.77. The number of nitrogens with zero attached hydrogens (tertiary/aromatic N) is 2. The maximum atomic E-state index is 13.2. The Bertz CT molecular complexity index is 580. The van der Waals surface area contributed by atoms with E-state index in [0.717, 1.165) is 57.7 Å². The van der Waals surface area contributed by atoms with Crippen molar-refractivity contribution in [1.29, 1.82) is 0 Å². The minimum absolute atomic E-state index is 0.280. The lowest BCUT2D eigenvalue weighted by Crippen LogP contribution is -2.41. The molecule has 2 heterocycles. The van der Waals surface area contributed by atoms with Crippen molar-refractivity contribution in [1.82, 2.24) is 10.2 Å². The number of hydrogen-bond acceptors (Lipinski definition) is 2. The highest BCUT2D eigenvalue weighted by atomic mass is 19.1. The van der Waals surface area contributed by atoms with Crippen molar-refractivity contribution in [3.63, 3.8) is 0 Å².